The fourth-order valence-electron chi connectivity index (χ4n) is 2.80. The van der Waals surface area contributed by atoms with Crippen LogP contribution < -0.4 is 14.8 Å². The van der Waals surface area contributed by atoms with Crippen LogP contribution in [0.25, 0.3) is 0 Å². The molecule has 0 heterocycles. The van der Waals surface area contributed by atoms with Crippen LogP contribution in [0.1, 0.15) is 29.5 Å². The van der Waals surface area contributed by atoms with E-state index in [1.807, 2.05) is 13.1 Å². The molecular weight excluding hydrogens is 286 g/mol. The summed E-state index contributed by atoms with van der Waals surface area (Å²) in [6.45, 7) is 1.08. The van der Waals surface area contributed by atoms with E-state index in [4.69, 9.17) is 9.47 Å². The van der Waals surface area contributed by atoms with Crippen molar-refractivity contribution in [1.29, 1.82) is 0 Å². The zero-order valence-electron chi connectivity index (χ0n) is 14.4. The number of methoxy groups -OCH3 is 2. The first kappa shape index (κ1) is 17.4. The van der Waals surface area contributed by atoms with Crippen molar-refractivity contribution < 1.29 is 9.47 Å². The van der Waals surface area contributed by atoms with E-state index in [9.17, 15) is 0 Å². The summed E-state index contributed by atoms with van der Waals surface area (Å²) in [6, 6.07) is 14.9. The quantitative estimate of drug-likeness (QED) is 0.714. The van der Waals surface area contributed by atoms with E-state index in [0.717, 1.165) is 30.9 Å². The van der Waals surface area contributed by atoms with Crippen molar-refractivity contribution in [1.82, 2.24) is 5.32 Å². The Morgan fingerprint density at radius 3 is 2.30 bits per heavy atom. The van der Waals surface area contributed by atoms with Crippen molar-refractivity contribution in [2.75, 3.05) is 27.8 Å². The molecule has 0 saturated heterocycles. The number of aryl methyl sites for hydroxylation is 1. The first-order valence-corrected chi connectivity index (χ1v) is 8.20. The third kappa shape index (κ3) is 5.00. The lowest BCUT2D eigenvalue weighted by atomic mass is 9.96. The summed E-state index contributed by atoms with van der Waals surface area (Å²) >= 11 is 0. The Kier molecular flexibility index (Phi) is 6.95. The molecule has 0 saturated carbocycles. The number of hydrogen-bond donors (Lipinski definition) is 1. The molecule has 3 nitrogen and oxygen atoms in total. The maximum Gasteiger partial charge on any atom is 0.160 e. The summed E-state index contributed by atoms with van der Waals surface area (Å²) in [5, 5.41) is 3.21. The lowest BCUT2D eigenvalue weighted by Gasteiger charge is -2.12. The average Bonchev–Trinajstić information content (AvgIpc) is 2.60. The Bertz CT molecular complexity index is 610. The van der Waals surface area contributed by atoms with Gasteiger partial charge in [0.05, 0.1) is 14.2 Å². The Morgan fingerprint density at radius 2 is 1.61 bits per heavy atom. The molecule has 0 aliphatic heterocycles. The maximum atomic E-state index is 5.40. The molecule has 124 valence electrons. The molecule has 0 aliphatic carbocycles. The van der Waals surface area contributed by atoms with Crippen molar-refractivity contribution in [2.24, 2.45) is 0 Å². The predicted molar refractivity (Wildman–Crippen MR) is 95.7 cm³/mol. The molecular formula is C20H27NO2. The van der Waals surface area contributed by atoms with Crippen LogP contribution in [0.5, 0.6) is 11.5 Å². The lowest BCUT2D eigenvalue weighted by molar-refractivity contribution is 0.354. The van der Waals surface area contributed by atoms with Crippen LogP contribution in [-0.2, 0) is 12.8 Å². The molecule has 2 aromatic carbocycles. The minimum absolute atomic E-state index is 0.775. The molecule has 0 unspecified atom stereocenters. The maximum absolute atomic E-state index is 5.40. The summed E-state index contributed by atoms with van der Waals surface area (Å²) < 4.78 is 10.7. The smallest absolute Gasteiger partial charge is 0.160 e. The highest BCUT2D eigenvalue weighted by atomic mass is 16.5. The van der Waals surface area contributed by atoms with E-state index in [1.54, 1.807) is 14.2 Å². The molecule has 1 N–H and O–H groups in total. The van der Waals surface area contributed by atoms with Gasteiger partial charge in [0.15, 0.2) is 11.5 Å². The normalized spacial score (nSPS) is 10.6. The van der Waals surface area contributed by atoms with Gasteiger partial charge in [0.2, 0.25) is 0 Å². The van der Waals surface area contributed by atoms with Crippen LogP contribution in [0.2, 0.25) is 0 Å². The van der Waals surface area contributed by atoms with Gasteiger partial charge in [-0.05, 0) is 68.1 Å². The van der Waals surface area contributed by atoms with Gasteiger partial charge >= 0.3 is 0 Å². The number of nitrogens with one attached hydrogen (secondary N) is 1. The molecule has 0 fully saturated rings. The molecule has 2 rings (SSSR count). The highest BCUT2D eigenvalue weighted by Gasteiger charge is 2.07. The number of unbranched alkanes of at least 4 members (excludes halogenated alkanes) is 1. The Hall–Kier alpha value is -2.00. The molecule has 0 radical (unpaired) electrons. The van der Waals surface area contributed by atoms with Gasteiger partial charge in [0, 0.05) is 0 Å². The van der Waals surface area contributed by atoms with Gasteiger partial charge in [-0.25, -0.2) is 0 Å². The summed E-state index contributed by atoms with van der Waals surface area (Å²) in [4.78, 5) is 0. The topological polar surface area (TPSA) is 30.5 Å². The van der Waals surface area contributed by atoms with E-state index >= 15 is 0 Å². The van der Waals surface area contributed by atoms with Gasteiger partial charge in [-0.1, -0.05) is 30.3 Å². The highest BCUT2D eigenvalue weighted by molar-refractivity contribution is 5.44. The Balaban J connectivity index is 2.10. The van der Waals surface area contributed by atoms with Crippen LogP contribution >= 0.6 is 0 Å². The van der Waals surface area contributed by atoms with Gasteiger partial charge in [-0.2, -0.15) is 0 Å². The second-order valence-corrected chi connectivity index (χ2v) is 5.70. The van der Waals surface area contributed by atoms with Crippen molar-refractivity contribution in [3.8, 4) is 11.5 Å². The predicted octanol–water partition coefficient (Wildman–Crippen LogP) is 3.84. The van der Waals surface area contributed by atoms with Gasteiger partial charge in [-0.3, -0.25) is 0 Å². The number of ether oxygens (including phenoxy) is 2. The van der Waals surface area contributed by atoms with Gasteiger partial charge in [-0.15, -0.1) is 0 Å². The summed E-state index contributed by atoms with van der Waals surface area (Å²) in [7, 11) is 5.35. The van der Waals surface area contributed by atoms with Crippen molar-refractivity contribution in [2.45, 2.75) is 25.7 Å². The molecule has 0 aromatic heterocycles. The number of hydrogen-bond acceptors (Lipinski definition) is 3. The highest BCUT2D eigenvalue weighted by Crippen LogP contribution is 2.29. The third-order valence-corrected chi connectivity index (χ3v) is 4.08. The molecule has 23 heavy (non-hydrogen) atoms. The molecule has 0 aliphatic rings. The van der Waals surface area contributed by atoms with Crippen molar-refractivity contribution in [3.63, 3.8) is 0 Å². The first-order chi connectivity index (χ1) is 11.3. The van der Waals surface area contributed by atoms with Crippen LogP contribution in [0.3, 0.4) is 0 Å². The van der Waals surface area contributed by atoms with E-state index in [1.165, 1.54) is 29.5 Å². The van der Waals surface area contributed by atoms with E-state index in [-0.39, 0.29) is 0 Å². The van der Waals surface area contributed by atoms with E-state index in [2.05, 4.69) is 41.7 Å². The van der Waals surface area contributed by atoms with Gasteiger partial charge in [0.25, 0.3) is 0 Å². The Morgan fingerprint density at radius 1 is 0.870 bits per heavy atom. The monoisotopic (exact) mass is 313 g/mol. The molecule has 2 aromatic rings. The summed E-state index contributed by atoms with van der Waals surface area (Å²) in [5.41, 5.74) is 4.08. The number of benzene rings is 2. The lowest BCUT2D eigenvalue weighted by Crippen LogP contribution is -2.07. The van der Waals surface area contributed by atoms with Gasteiger partial charge < -0.3 is 14.8 Å². The minimum Gasteiger partial charge on any atom is -0.493 e. The zero-order valence-corrected chi connectivity index (χ0v) is 14.4. The average molecular weight is 313 g/mol. The summed E-state index contributed by atoms with van der Waals surface area (Å²) in [6.07, 6.45) is 4.47. The van der Waals surface area contributed by atoms with Crippen LogP contribution in [0, 0.1) is 0 Å². The molecule has 0 amide bonds. The van der Waals surface area contributed by atoms with Crippen LogP contribution in [0.4, 0.5) is 0 Å². The Labute approximate surface area is 139 Å². The molecule has 0 bridgehead atoms. The van der Waals surface area contributed by atoms with Crippen LogP contribution in [-0.4, -0.2) is 27.8 Å². The second-order valence-electron chi connectivity index (χ2n) is 5.70. The van der Waals surface area contributed by atoms with Crippen molar-refractivity contribution >= 4 is 0 Å². The first-order valence-electron chi connectivity index (χ1n) is 8.20. The number of rotatable bonds is 9. The molecule has 3 heteroatoms. The standard InChI is InChI=1S/C20H27NO2/c1-21-13-7-6-9-17-8-4-5-10-18(17)14-16-11-12-19(22-2)20(15-16)23-3/h4-5,8,10-12,15,21H,6-7,9,13-14H2,1-3H3. The zero-order chi connectivity index (χ0) is 16.5. The SMILES string of the molecule is CNCCCCc1ccccc1Cc1ccc(OC)c(OC)c1. The molecule has 0 atom stereocenters. The van der Waals surface area contributed by atoms with Gasteiger partial charge in [0.1, 0.15) is 0 Å². The largest absolute Gasteiger partial charge is 0.493 e. The fourth-order valence-corrected chi connectivity index (χ4v) is 2.80. The second kappa shape index (κ2) is 9.21. The third-order valence-electron chi connectivity index (χ3n) is 4.08. The molecule has 0 spiro atoms. The van der Waals surface area contributed by atoms with Crippen LogP contribution in [0.15, 0.2) is 42.5 Å². The fraction of sp³-hybridized carbons (Fsp3) is 0.400. The minimum atomic E-state index is 0.775. The van der Waals surface area contributed by atoms with E-state index < -0.39 is 0 Å². The van der Waals surface area contributed by atoms with Crippen molar-refractivity contribution in [3.05, 3.63) is 59.2 Å². The van der Waals surface area contributed by atoms with E-state index in [0.29, 0.717) is 0 Å². The summed E-state index contributed by atoms with van der Waals surface area (Å²) in [5.74, 6) is 1.56.